The molecule has 194 valence electrons. The van der Waals surface area contributed by atoms with Crippen LogP contribution in [0.3, 0.4) is 0 Å². The number of fused-ring (bicyclic) bond motifs is 1. The minimum atomic E-state index is 0.159. The van der Waals surface area contributed by atoms with E-state index in [2.05, 4.69) is 40.7 Å². The maximum atomic E-state index is 11.6. The van der Waals surface area contributed by atoms with Crippen LogP contribution in [0.4, 0.5) is 0 Å². The lowest BCUT2D eigenvalue weighted by molar-refractivity contribution is -0.121. The average Bonchev–Trinajstić information content (AvgIpc) is 3.24. The van der Waals surface area contributed by atoms with Crippen molar-refractivity contribution in [2.45, 2.75) is 71.3 Å². The number of carbonyl (C=O) groups excluding carboxylic acids is 1. The van der Waals surface area contributed by atoms with E-state index in [0.29, 0.717) is 13.0 Å². The van der Waals surface area contributed by atoms with Crippen LogP contribution in [-0.4, -0.2) is 35.7 Å². The van der Waals surface area contributed by atoms with Crippen LogP contribution < -0.4 is 14.8 Å². The van der Waals surface area contributed by atoms with Gasteiger partial charge in [0.05, 0.1) is 24.8 Å². The quantitative estimate of drug-likeness (QED) is 0.179. The molecular weight excluding hydrogens is 450 g/mol. The summed E-state index contributed by atoms with van der Waals surface area (Å²) < 4.78 is 13.9. The van der Waals surface area contributed by atoms with Gasteiger partial charge in [-0.1, -0.05) is 37.6 Å². The second-order valence-electron chi connectivity index (χ2n) is 9.11. The average molecular weight is 492 g/mol. The molecule has 0 radical (unpaired) electrons. The Kier molecular flexibility index (Phi) is 11.4. The van der Waals surface area contributed by atoms with Gasteiger partial charge >= 0.3 is 0 Å². The summed E-state index contributed by atoms with van der Waals surface area (Å²) in [6.45, 7) is 8.15. The molecule has 0 saturated heterocycles. The number of allylic oxidation sites excluding steroid dienone is 1. The van der Waals surface area contributed by atoms with Gasteiger partial charge in [0.15, 0.2) is 11.5 Å². The third kappa shape index (κ3) is 8.14. The van der Waals surface area contributed by atoms with E-state index in [0.717, 1.165) is 92.9 Å². The third-order valence-corrected chi connectivity index (χ3v) is 6.25. The van der Waals surface area contributed by atoms with Crippen molar-refractivity contribution in [1.82, 2.24) is 14.9 Å². The van der Waals surface area contributed by atoms with Crippen LogP contribution in [0.1, 0.15) is 63.3 Å². The predicted molar refractivity (Wildman–Crippen MR) is 147 cm³/mol. The van der Waals surface area contributed by atoms with Crippen LogP contribution >= 0.6 is 0 Å². The first-order valence-electron chi connectivity index (χ1n) is 13.3. The molecule has 1 amide bonds. The summed E-state index contributed by atoms with van der Waals surface area (Å²) in [5.41, 5.74) is 3.41. The van der Waals surface area contributed by atoms with Crippen molar-refractivity contribution in [3.05, 3.63) is 66.5 Å². The molecule has 0 aliphatic heterocycles. The van der Waals surface area contributed by atoms with Gasteiger partial charge in [0.1, 0.15) is 5.82 Å². The molecule has 6 heteroatoms. The SMILES string of the molecule is C=CCc1ccc(OCCCCn2c(CCCCCNC(=O)CCC)nc3ccccc32)c(OC)c1. The van der Waals surface area contributed by atoms with Crippen molar-refractivity contribution in [2.24, 2.45) is 0 Å². The molecule has 0 saturated carbocycles. The summed E-state index contributed by atoms with van der Waals surface area (Å²) in [7, 11) is 1.67. The van der Waals surface area contributed by atoms with Crippen molar-refractivity contribution < 1.29 is 14.3 Å². The molecule has 0 atom stereocenters. The van der Waals surface area contributed by atoms with Crippen LogP contribution in [0, 0.1) is 0 Å². The van der Waals surface area contributed by atoms with E-state index >= 15 is 0 Å². The number of aromatic nitrogens is 2. The standard InChI is InChI=1S/C30H41N3O3/c1-4-13-24-18-19-27(28(23-24)35-3)36-22-12-11-21-33-26-16-9-8-15-25(26)32-29(33)17-7-6-10-20-31-30(34)14-5-2/h4,8-9,15-16,18-19,23H,1,5-7,10-14,17,20-22H2,2-3H3,(H,31,34). The highest BCUT2D eigenvalue weighted by Gasteiger charge is 2.11. The van der Waals surface area contributed by atoms with Crippen LogP contribution in [0.15, 0.2) is 55.1 Å². The smallest absolute Gasteiger partial charge is 0.219 e. The van der Waals surface area contributed by atoms with E-state index in [4.69, 9.17) is 14.5 Å². The number of rotatable bonds is 17. The maximum Gasteiger partial charge on any atom is 0.219 e. The number of hydrogen-bond acceptors (Lipinski definition) is 4. The summed E-state index contributed by atoms with van der Waals surface area (Å²) in [4.78, 5) is 16.5. The molecule has 0 aliphatic rings. The summed E-state index contributed by atoms with van der Waals surface area (Å²) >= 11 is 0. The molecule has 0 aliphatic carbocycles. The molecule has 0 spiro atoms. The monoisotopic (exact) mass is 491 g/mol. The number of amides is 1. The van der Waals surface area contributed by atoms with Gasteiger partial charge in [0.25, 0.3) is 0 Å². The van der Waals surface area contributed by atoms with Gasteiger partial charge in [-0.05, 0) is 68.4 Å². The van der Waals surface area contributed by atoms with Crippen molar-refractivity contribution in [1.29, 1.82) is 0 Å². The van der Waals surface area contributed by atoms with Crippen LogP contribution in [0.5, 0.6) is 11.5 Å². The molecule has 3 rings (SSSR count). The Balaban J connectivity index is 1.48. The first kappa shape index (κ1) is 27.3. The zero-order valence-electron chi connectivity index (χ0n) is 21.9. The Morgan fingerprint density at radius 2 is 1.94 bits per heavy atom. The van der Waals surface area contributed by atoms with Crippen LogP contribution in [-0.2, 0) is 24.2 Å². The zero-order chi connectivity index (χ0) is 25.6. The highest BCUT2D eigenvalue weighted by atomic mass is 16.5. The lowest BCUT2D eigenvalue weighted by Crippen LogP contribution is -2.23. The first-order valence-corrected chi connectivity index (χ1v) is 13.3. The number of aryl methyl sites for hydroxylation is 2. The number of para-hydroxylation sites is 2. The van der Waals surface area contributed by atoms with E-state index in [1.165, 1.54) is 5.52 Å². The van der Waals surface area contributed by atoms with E-state index in [-0.39, 0.29) is 5.91 Å². The molecule has 0 unspecified atom stereocenters. The number of imidazole rings is 1. The summed E-state index contributed by atoms with van der Waals surface area (Å²) in [5.74, 6) is 2.85. The number of nitrogens with zero attached hydrogens (tertiary/aromatic N) is 2. The third-order valence-electron chi connectivity index (χ3n) is 6.25. The van der Waals surface area contributed by atoms with E-state index in [9.17, 15) is 4.79 Å². The van der Waals surface area contributed by atoms with E-state index in [1.54, 1.807) is 7.11 Å². The Bertz CT molecular complexity index is 1110. The molecule has 1 N–H and O–H groups in total. The number of benzene rings is 2. The molecule has 36 heavy (non-hydrogen) atoms. The van der Waals surface area contributed by atoms with Gasteiger partial charge in [0, 0.05) is 25.9 Å². The van der Waals surface area contributed by atoms with Gasteiger partial charge in [-0.25, -0.2) is 4.98 Å². The van der Waals surface area contributed by atoms with Crippen molar-refractivity contribution in [2.75, 3.05) is 20.3 Å². The zero-order valence-corrected chi connectivity index (χ0v) is 21.9. The molecular formula is C30H41N3O3. The fourth-order valence-electron chi connectivity index (χ4n) is 4.37. The Morgan fingerprint density at radius 1 is 1.08 bits per heavy atom. The number of methoxy groups -OCH3 is 1. The number of carbonyl (C=O) groups is 1. The van der Waals surface area contributed by atoms with Crippen molar-refractivity contribution in [3.63, 3.8) is 0 Å². The second-order valence-corrected chi connectivity index (χ2v) is 9.11. The van der Waals surface area contributed by atoms with Gasteiger partial charge in [0.2, 0.25) is 5.91 Å². The van der Waals surface area contributed by atoms with Crippen LogP contribution in [0.2, 0.25) is 0 Å². The highest BCUT2D eigenvalue weighted by Crippen LogP contribution is 2.28. The molecule has 1 heterocycles. The van der Waals surface area contributed by atoms with E-state index in [1.807, 2.05) is 31.2 Å². The van der Waals surface area contributed by atoms with Gasteiger partial charge in [-0.2, -0.15) is 0 Å². The number of nitrogens with one attached hydrogen (secondary N) is 1. The van der Waals surface area contributed by atoms with E-state index < -0.39 is 0 Å². The molecule has 3 aromatic rings. The maximum absolute atomic E-state index is 11.6. The molecule has 6 nitrogen and oxygen atoms in total. The van der Waals surface area contributed by atoms with Crippen molar-refractivity contribution in [3.8, 4) is 11.5 Å². The Morgan fingerprint density at radius 3 is 2.75 bits per heavy atom. The summed E-state index contributed by atoms with van der Waals surface area (Å²) in [6.07, 6.45) is 10.3. The fraction of sp³-hybridized carbons (Fsp3) is 0.467. The highest BCUT2D eigenvalue weighted by molar-refractivity contribution is 5.76. The summed E-state index contributed by atoms with van der Waals surface area (Å²) in [5, 5.41) is 3.00. The topological polar surface area (TPSA) is 65.4 Å². The number of unbranched alkanes of at least 4 members (excludes halogenated alkanes) is 3. The van der Waals surface area contributed by atoms with Gasteiger partial charge in [-0.3, -0.25) is 4.79 Å². The second kappa shape index (κ2) is 15.0. The van der Waals surface area contributed by atoms with Crippen LogP contribution in [0.25, 0.3) is 11.0 Å². The normalized spacial score (nSPS) is 10.9. The molecule has 0 fully saturated rings. The Hall–Kier alpha value is -3.28. The summed E-state index contributed by atoms with van der Waals surface area (Å²) in [6, 6.07) is 14.4. The lowest BCUT2D eigenvalue weighted by Gasteiger charge is -2.13. The number of hydrogen-bond donors (Lipinski definition) is 1. The number of ether oxygens (including phenoxy) is 2. The largest absolute Gasteiger partial charge is 0.493 e. The van der Waals surface area contributed by atoms with Gasteiger partial charge < -0.3 is 19.4 Å². The minimum Gasteiger partial charge on any atom is -0.493 e. The van der Waals surface area contributed by atoms with Gasteiger partial charge in [-0.15, -0.1) is 6.58 Å². The molecule has 1 aromatic heterocycles. The molecule has 2 aromatic carbocycles. The predicted octanol–water partition coefficient (Wildman–Crippen LogP) is 6.26. The fourth-order valence-corrected chi connectivity index (χ4v) is 4.37. The van der Waals surface area contributed by atoms with Crippen molar-refractivity contribution >= 4 is 16.9 Å². The minimum absolute atomic E-state index is 0.159. The molecule has 0 bridgehead atoms. The Labute approximate surface area is 215 Å². The first-order chi connectivity index (χ1) is 17.7. The lowest BCUT2D eigenvalue weighted by atomic mass is 10.1.